The second-order valence-corrected chi connectivity index (χ2v) is 8.79. The van der Waals surface area contributed by atoms with Gasteiger partial charge in [-0.05, 0) is 47.7 Å². The van der Waals surface area contributed by atoms with Gasteiger partial charge in [0.05, 0.1) is 5.56 Å². The summed E-state index contributed by atoms with van der Waals surface area (Å²) in [6.07, 6.45) is 1.87. The molecule has 7 heteroatoms. The topological polar surface area (TPSA) is 84.9 Å². The maximum absolute atomic E-state index is 12.1. The highest BCUT2D eigenvalue weighted by Gasteiger charge is 2.15. The average Bonchev–Trinajstić information content (AvgIpc) is 3.38. The van der Waals surface area contributed by atoms with Crippen LogP contribution in [0.5, 0.6) is 0 Å². The van der Waals surface area contributed by atoms with E-state index in [1.807, 2.05) is 43.5 Å². The number of aromatic amines is 1. The van der Waals surface area contributed by atoms with Crippen molar-refractivity contribution in [1.29, 1.82) is 0 Å². The van der Waals surface area contributed by atoms with Gasteiger partial charge in [-0.1, -0.05) is 43.8 Å². The molecule has 6 nitrogen and oxygen atoms in total. The lowest BCUT2D eigenvalue weighted by atomic mass is 9.95. The highest BCUT2D eigenvalue weighted by molar-refractivity contribution is 7.98. The highest BCUT2D eigenvalue weighted by Crippen LogP contribution is 2.32. The molecule has 0 aliphatic rings. The summed E-state index contributed by atoms with van der Waals surface area (Å²) in [7, 11) is 0. The minimum Gasteiger partial charge on any atom is -0.423 e. The first-order chi connectivity index (χ1) is 15.0. The molecule has 5 aromatic rings. The van der Waals surface area contributed by atoms with E-state index in [9.17, 15) is 4.79 Å². The van der Waals surface area contributed by atoms with Gasteiger partial charge in [-0.25, -0.2) is 4.79 Å². The summed E-state index contributed by atoms with van der Waals surface area (Å²) in [5.74, 6) is 1.37. The summed E-state index contributed by atoms with van der Waals surface area (Å²) in [6, 6.07) is 13.6. The Hall–Kier alpha value is -3.32. The molecule has 0 fully saturated rings. The fourth-order valence-electron chi connectivity index (χ4n) is 3.90. The first-order valence-corrected chi connectivity index (χ1v) is 11.1. The number of hydrogen-bond donors (Lipinski definition) is 1. The molecule has 0 bridgehead atoms. The van der Waals surface area contributed by atoms with E-state index in [2.05, 4.69) is 35.1 Å². The Kier molecular flexibility index (Phi) is 4.90. The van der Waals surface area contributed by atoms with Crippen molar-refractivity contribution < 1.29 is 8.83 Å². The van der Waals surface area contributed by atoms with Crippen LogP contribution in [0.15, 0.2) is 67.5 Å². The molecular formula is C24H21N3O3S. The maximum Gasteiger partial charge on any atom is 0.336 e. The summed E-state index contributed by atoms with van der Waals surface area (Å²) in [5, 5.41) is 10.8. The van der Waals surface area contributed by atoms with Crippen molar-refractivity contribution in [3.05, 3.63) is 75.8 Å². The van der Waals surface area contributed by atoms with Crippen LogP contribution in [0, 0.1) is 6.92 Å². The molecule has 3 aromatic heterocycles. The van der Waals surface area contributed by atoms with Gasteiger partial charge in [0, 0.05) is 34.3 Å². The monoisotopic (exact) mass is 431 g/mol. The Morgan fingerprint density at radius 1 is 1.06 bits per heavy atom. The lowest BCUT2D eigenvalue weighted by molar-refractivity contribution is 0.466. The normalized spacial score (nSPS) is 11.7. The number of benzene rings is 2. The first-order valence-electron chi connectivity index (χ1n) is 10.1. The van der Waals surface area contributed by atoms with Crippen LogP contribution < -0.4 is 5.63 Å². The van der Waals surface area contributed by atoms with Gasteiger partial charge in [0.25, 0.3) is 11.1 Å². The second-order valence-electron chi connectivity index (χ2n) is 7.86. The fourth-order valence-corrected chi connectivity index (χ4v) is 4.65. The van der Waals surface area contributed by atoms with E-state index >= 15 is 0 Å². The lowest BCUT2D eigenvalue weighted by Crippen LogP contribution is -2.02. The van der Waals surface area contributed by atoms with Crippen molar-refractivity contribution in [1.82, 2.24) is 15.2 Å². The van der Waals surface area contributed by atoms with E-state index in [-0.39, 0.29) is 5.63 Å². The van der Waals surface area contributed by atoms with Crippen LogP contribution in [-0.2, 0) is 5.75 Å². The van der Waals surface area contributed by atoms with Gasteiger partial charge in [-0.15, -0.1) is 10.2 Å². The second kappa shape index (κ2) is 7.74. The number of nitrogens with zero attached hydrogens (tertiary/aromatic N) is 2. The Bertz CT molecular complexity index is 1460. The summed E-state index contributed by atoms with van der Waals surface area (Å²) >= 11 is 1.41. The third kappa shape index (κ3) is 3.65. The van der Waals surface area contributed by atoms with E-state index in [4.69, 9.17) is 8.83 Å². The number of H-pyrrole nitrogens is 1. The minimum atomic E-state index is -0.357. The van der Waals surface area contributed by atoms with Crippen molar-refractivity contribution >= 4 is 33.6 Å². The van der Waals surface area contributed by atoms with Gasteiger partial charge in [0.15, 0.2) is 0 Å². The summed E-state index contributed by atoms with van der Waals surface area (Å²) < 4.78 is 11.3. The molecule has 156 valence electrons. The fraction of sp³-hybridized carbons (Fsp3) is 0.208. The number of fused-ring (bicyclic) bond motifs is 2. The summed E-state index contributed by atoms with van der Waals surface area (Å²) in [6.45, 7) is 6.36. The molecule has 0 aliphatic carbocycles. The molecule has 2 aromatic carbocycles. The zero-order valence-corrected chi connectivity index (χ0v) is 18.2. The first kappa shape index (κ1) is 19.6. The highest BCUT2D eigenvalue weighted by atomic mass is 32.2. The number of aryl methyl sites for hydroxylation is 1. The average molecular weight is 432 g/mol. The molecular weight excluding hydrogens is 410 g/mol. The number of rotatable bonds is 5. The van der Waals surface area contributed by atoms with Crippen LogP contribution in [0.2, 0.25) is 0 Å². The standard InChI is InChI=1S/C24H21N3O3S/c1-13(2)17-10-18-15(9-22(28)29-21(18)8-14(17)3)12-31-24-27-26-23(30-24)19-11-25-20-7-5-4-6-16(19)20/h4-11,13,25H,12H2,1-3H3. The number of thioether (sulfide) groups is 1. The molecule has 0 amide bonds. The molecule has 1 N–H and O–H groups in total. The van der Waals surface area contributed by atoms with Crippen LogP contribution in [-0.4, -0.2) is 15.2 Å². The molecule has 0 atom stereocenters. The Morgan fingerprint density at radius 3 is 2.74 bits per heavy atom. The van der Waals surface area contributed by atoms with E-state index in [0.717, 1.165) is 33.0 Å². The van der Waals surface area contributed by atoms with Crippen molar-refractivity contribution in [2.75, 3.05) is 0 Å². The molecule has 31 heavy (non-hydrogen) atoms. The predicted octanol–water partition coefficient (Wildman–Crippen LogP) is 6.05. The third-order valence-electron chi connectivity index (χ3n) is 5.42. The Labute approximate surface area is 182 Å². The van der Waals surface area contributed by atoms with E-state index in [0.29, 0.717) is 28.4 Å². The predicted molar refractivity (Wildman–Crippen MR) is 122 cm³/mol. The van der Waals surface area contributed by atoms with Gasteiger partial charge in [0.1, 0.15) is 5.58 Å². The minimum absolute atomic E-state index is 0.357. The van der Waals surface area contributed by atoms with Crippen LogP contribution in [0.3, 0.4) is 0 Å². The zero-order valence-electron chi connectivity index (χ0n) is 17.4. The van der Waals surface area contributed by atoms with E-state index < -0.39 is 0 Å². The smallest absolute Gasteiger partial charge is 0.336 e. The van der Waals surface area contributed by atoms with Crippen LogP contribution in [0.25, 0.3) is 33.3 Å². The lowest BCUT2D eigenvalue weighted by Gasteiger charge is -2.12. The molecule has 0 saturated heterocycles. The van der Waals surface area contributed by atoms with Crippen molar-refractivity contribution in [2.45, 2.75) is 37.7 Å². The van der Waals surface area contributed by atoms with Gasteiger partial charge >= 0.3 is 5.63 Å². The van der Waals surface area contributed by atoms with Gasteiger partial charge in [-0.2, -0.15) is 0 Å². The van der Waals surface area contributed by atoms with Gasteiger partial charge < -0.3 is 13.8 Å². The quantitative estimate of drug-likeness (QED) is 0.269. The molecule has 5 rings (SSSR count). The van der Waals surface area contributed by atoms with Crippen molar-refractivity contribution in [2.24, 2.45) is 0 Å². The Morgan fingerprint density at radius 2 is 1.90 bits per heavy atom. The molecule has 0 unspecified atom stereocenters. The number of hydrogen-bond acceptors (Lipinski definition) is 6. The molecule has 3 heterocycles. The molecule has 0 spiro atoms. The van der Waals surface area contributed by atoms with Gasteiger partial charge in [0.2, 0.25) is 0 Å². The number of nitrogens with one attached hydrogen (secondary N) is 1. The molecule has 0 saturated carbocycles. The summed E-state index contributed by atoms with van der Waals surface area (Å²) in [4.78, 5) is 15.3. The SMILES string of the molecule is Cc1cc2oc(=O)cc(CSc3nnc(-c4c[nH]c5ccccc45)o3)c2cc1C(C)C. The van der Waals surface area contributed by atoms with Crippen molar-refractivity contribution in [3.8, 4) is 11.5 Å². The zero-order chi connectivity index (χ0) is 21.5. The largest absolute Gasteiger partial charge is 0.423 e. The Balaban J connectivity index is 1.45. The van der Waals surface area contributed by atoms with Gasteiger partial charge in [-0.3, -0.25) is 0 Å². The third-order valence-corrected chi connectivity index (χ3v) is 6.28. The molecule has 0 aliphatic heterocycles. The number of aromatic nitrogens is 3. The molecule has 0 radical (unpaired) electrons. The van der Waals surface area contributed by atoms with E-state index in [1.165, 1.54) is 17.3 Å². The summed E-state index contributed by atoms with van der Waals surface area (Å²) in [5.41, 5.74) is 5.40. The maximum atomic E-state index is 12.1. The van der Waals surface area contributed by atoms with Crippen LogP contribution in [0.4, 0.5) is 0 Å². The number of para-hydroxylation sites is 1. The van der Waals surface area contributed by atoms with Crippen LogP contribution >= 0.6 is 11.8 Å². The van der Waals surface area contributed by atoms with Crippen molar-refractivity contribution in [3.63, 3.8) is 0 Å². The van der Waals surface area contributed by atoms with Crippen LogP contribution in [0.1, 0.15) is 36.5 Å². The van der Waals surface area contributed by atoms with E-state index in [1.54, 1.807) is 6.07 Å².